The molecule has 0 rings (SSSR count). The number of carbonyl (C=O) groups excluding carboxylic acids is 5. The molecule has 0 saturated heterocycles. The summed E-state index contributed by atoms with van der Waals surface area (Å²) in [5.41, 5.74) is -0.398. The van der Waals surface area contributed by atoms with Crippen molar-refractivity contribution in [2.75, 3.05) is 26.9 Å². The fourth-order valence-electron chi connectivity index (χ4n) is 5.51. The van der Waals surface area contributed by atoms with E-state index in [1.54, 1.807) is 0 Å². The summed E-state index contributed by atoms with van der Waals surface area (Å²) in [6.45, 7) is 30.0. The highest BCUT2D eigenvalue weighted by Gasteiger charge is 2.13. The zero-order valence-corrected chi connectivity index (χ0v) is 42.4. The Morgan fingerprint density at radius 3 is 0.734 bits per heavy atom. The van der Waals surface area contributed by atoms with Crippen LogP contribution in [0.3, 0.4) is 0 Å². The molecule has 10 heteroatoms. The Morgan fingerprint density at radius 1 is 0.344 bits per heavy atom. The van der Waals surface area contributed by atoms with E-state index < -0.39 is 11.6 Å². The number of methoxy groups -OCH3 is 1. The van der Waals surface area contributed by atoms with Crippen LogP contribution in [-0.2, 0) is 47.7 Å². The van der Waals surface area contributed by atoms with Gasteiger partial charge in [0.05, 0.1) is 26.9 Å². The Kier molecular flexibility index (Phi) is 63.7. The SMILES string of the molecule is C=CC(=O)OC.C=CC(=O)OC(C)(C)C.C=CC(=O)OCCCC.C=CC(=O)OCCCCCCCCCCCC.C=CC(=O)OCCCCCCCCCCCCCCCCCC. The van der Waals surface area contributed by atoms with Crippen molar-refractivity contribution in [1.82, 2.24) is 0 Å². The average molecular weight is 907 g/mol. The molecule has 0 heterocycles. The second-order valence-corrected chi connectivity index (χ2v) is 16.4. The third kappa shape index (κ3) is 75.4. The molecule has 0 aromatic heterocycles. The minimum absolute atomic E-state index is 0.300. The van der Waals surface area contributed by atoms with E-state index in [0.717, 1.165) is 37.8 Å². The predicted octanol–water partition coefficient (Wildman–Crippen LogP) is 15.0. The maximum absolute atomic E-state index is 10.8. The van der Waals surface area contributed by atoms with Crippen molar-refractivity contribution in [1.29, 1.82) is 0 Å². The molecule has 0 fully saturated rings. The first-order chi connectivity index (χ1) is 30.7. The van der Waals surface area contributed by atoms with E-state index in [4.69, 9.17) is 14.2 Å². The summed E-state index contributed by atoms with van der Waals surface area (Å²) >= 11 is 0. The Balaban J connectivity index is -0.000000247. The normalized spacial score (nSPS) is 9.86. The second kappa shape index (κ2) is 59.0. The standard InChI is InChI=1S/C21H40O2.C15H28O2.2C7H12O2.C4H6O2/c1-3-5-6-7-8-9-10-11-12-13-14-15-16-17-18-19-20-23-21(22)4-2;1-3-5-6-7-8-9-10-11-12-13-14-17-15(16)4-2;1-5-6(8)9-7(2,3)4;1-3-5-6-9-7(8)4-2;1-3-4(5)6-2/h4H,2-3,5-20H2,1H3;4H,2-3,5-14H2,1H3;5H,1H2,2-4H3;4H,2-3,5-6H2,1H3;3H,1H2,2H3. The largest absolute Gasteiger partial charge is 0.466 e. The predicted molar refractivity (Wildman–Crippen MR) is 268 cm³/mol. The zero-order chi connectivity index (χ0) is 49.4. The minimum atomic E-state index is -0.398. The van der Waals surface area contributed by atoms with Crippen molar-refractivity contribution in [2.24, 2.45) is 0 Å². The molecule has 64 heavy (non-hydrogen) atoms. The monoisotopic (exact) mass is 907 g/mol. The molecule has 0 aliphatic rings. The summed E-state index contributed by atoms with van der Waals surface area (Å²) in [5.74, 6) is -1.70. The number of unbranched alkanes of at least 4 members (excludes halogenated alkanes) is 25. The summed E-state index contributed by atoms with van der Waals surface area (Å²) in [7, 11) is 1.31. The highest BCUT2D eigenvalue weighted by Crippen LogP contribution is 2.14. The van der Waals surface area contributed by atoms with Crippen LogP contribution in [0.2, 0.25) is 0 Å². The first-order valence-corrected chi connectivity index (χ1v) is 24.6. The molecular formula is C54H98O10. The lowest BCUT2D eigenvalue weighted by atomic mass is 10.0. The van der Waals surface area contributed by atoms with Crippen LogP contribution < -0.4 is 0 Å². The van der Waals surface area contributed by atoms with Crippen LogP contribution in [0.25, 0.3) is 0 Å². The summed E-state index contributed by atoms with van der Waals surface area (Å²) in [5, 5.41) is 0. The third-order valence-electron chi connectivity index (χ3n) is 9.17. The van der Waals surface area contributed by atoms with Gasteiger partial charge in [0.25, 0.3) is 0 Å². The smallest absolute Gasteiger partial charge is 0.330 e. The van der Waals surface area contributed by atoms with E-state index in [9.17, 15) is 24.0 Å². The molecule has 0 N–H and O–H groups in total. The van der Waals surface area contributed by atoms with E-state index in [1.165, 1.54) is 179 Å². The molecule has 0 aromatic carbocycles. The van der Waals surface area contributed by atoms with Crippen LogP contribution in [0.5, 0.6) is 0 Å². The Labute approximate surface area is 393 Å². The molecule has 0 saturated carbocycles. The fraction of sp³-hybridized carbons (Fsp3) is 0.722. The molecule has 0 spiro atoms. The van der Waals surface area contributed by atoms with E-state index in [2.05, 4.69) is 56.2 Å². The van der Waals surface area contributed by atoms with Gasteiger partial charge in [-0.25, -0.2) is 24.0 Å². The van der Waals surface area contributed by atoms with Gasteiger partial charge in [-0.15, -0.1) is 0 Å². The van der Waals surface area contributed by atoms with E-state index in [0.29, 0.717) is 19.8 Å². The molecule has 10 nitrogen and oxygen atoms in total. The van der Waals surface area contributed by atoms with Gasteiger partial charge in [-0.05, 0) is 40.0 Å². The molecule has 0 atom stereocenters. The summed E-state index contributed by atoms with van der Waals surface area (Å²) in [6, 6.07) is 0. The Morgan fingerprint density at radius 2 is 0.562 bits per heavy atom. The van der Waals surface area contributed by atoms with Gasteiger partial charge in [0.1, 0.15) is 5.60 Å². The average Bonchev–Trinajstić information content (AvgIpc) is 3.28. The van der Waals surface area contributed by atoms with Crippen LogP contribution in [0, 0.1) is 0 Å². The van der Waals surface area contributed by atoms with Crippen LogP contribution in [-0.4, -0.2) is 62.4 Å². The summed E-state index contributed by atoms with van der Waals surface area (Å²) in [4.78, 5) is 52.2. The van der Waals surface area contributed by atoms with Gasteiger partial charge in [0.15, 0.2) is 0 Å². The Hall–Kier alpha value is -3.95. The molecule has 0 aromatic rings. The summed E-state index contributed by atoms with van der Waals surface area (Å²) in [6.07, 6.45) is 42.6. The van der Waals surface area contributed by atoms with Gasteiger partial charge in [-0.2, -0.15) is 0 Å². The lowest BCUT2D eigenvalue weighted by Gasteiger charge is -2.17. The van der Waals surface area contributed by atoms with Crippen LogP contribution in [0.1, 0.15) is 221 Å². The van der Waals surface area contributed by atoms with Crippen molar-refractivity contribution in [3.05, 3.63) is 63.3 Å². The van der Waals surface area contributed by atoms with Gasteiger partial charge in [0, 0.05) is 30.4 Å². The molecule has 0 bridgehead atoms. The number of hydrogen-bond donors (Lipinski definition) is 0. The fourth-order valence-corrected chi connectivity index (χ4v) is 5.51. The first kappa shape index (κ1) is 69.1. The van der Waals surface area contributed by atoms with E-state index in [1.807, 2.05) is 27.7 Å². The summed E-state index contributed by atoms with van der Waals surface area (Å²) < 4.78 is 23.5. The maximum Gasteiger partial charge on any atom is 0.330 e. The number of esters is 5. The second-order valence-electron chi connectivity index (χ2n) is 16.4. The van der Waals surface area contributed by atoms with Gasteiger partial charge >= 0.3 is 29.8 Å². The lowest BCUT2D eigenvalue weighted by molar-refractivity contribution is -0.148. The molecule has 0 radical (unpaired) electrons. The van der Waals surface area contributed by atoms with Crippen LogP contribution in [0.15, 0.2) is 63.3 Å². The Bertz CT molecular complexity index is 1120. The highest BCUT2D eigenvalue weighted by molar-refractivity contribution is 5.82. The van der Waals surface area contributed by atoms with Gasteiger partial charge in [-0.3, -0.25) is 0 Å². The topological polar surface area (TPSA) is 132 Å². The van der Waals surface area contributed by atoms with E-state index in [-0.39, 0.29) is 23.9 Å². The van der Waals surface area contributed by atoms with Crippen molar-refractivity contribution >= 4 is 29.8 Å². The molecular weight excluding hydrogens is 809 g/mol. The molecule has 0 unspecified atom stereocenters. The van der Waals surface area contributed by atoms with Gasteiger partial charge in [-0.1, -0.05) is 214 Å². The molecule has 374 valence electrons. The van der Waals surface area contributed by atoms with E-state index >= 15 is 0 Å². The number of ether oxygens (including phenoxy) is 5. The van der Waals surface area contributed by atoms with Crippen molar-refractivity contribution < 1.29 is 47.7 Å². The molecule has 0 aliphatic heterocycles. The van der Waals surface area contributed by atoms with Crippen molar-refractivity contribution in [2.45, 2.75) is 227 Å². The number of hydrogen-bond acceptors (Lipinski definition) is 10. The molecule has 0 aliphatic carbocycles. The highest BCUT2D eigenvalue weighted by atomic mass is 16.6. The number of rotatable bonds is 36. The number of carbonyl (C=O) groups is 5. The third-order valence-corrected chi connectivity index (χ3v) is 9.17. The van der Waals surface area contributed by atoms with Crippen molar-refractivity contribution in [3.8, 4) is 0 Å². The molecule has 0 amide bonds. The van der Waals surface area contributed by atoms with Crippen molar-refractivity contribution in [3.63, 3.8) is 0 Å². The first-order valence-electron chi connectivity index (χ1n) is 24.6. The van der Waals surface area contributed by atoms with Gasteiger partial charge < -0.3 is 23.7 Å². The maximum atomic E-state index is 10.8. The van der Waals surface area contributed by atoms with Crippen LogP contribution >= 0.6 is 0 Å². The van der Waals surface area contributed by atoms with Gasteiger partial charge in [0.2, 0.25) is 0 Å². The quantitative estimate of drug-likeness (QED) is 0.0259. The van der Waals surface area contributed by atoms with Crippen LogP contribution in [0.4, 0.5) is 0 Å². The minimum Gasteiger partial charge on any atom is -0.466 e. The lowest BCUT2D eigenvalue weighted by Crippen LogP contribution is -2.22. The zero-order valence-electron chi connectivity index (χ0n) is 42.4.